The van der Waals surface area contributed by atoms with Crippen LogP contribution in [0.1, 0.15) is 25.0 Å². The van der Waals surface area contributed by atoms with Gasteiger partial charge in [-0.15, -0.1) is 0 Å². The lowest BCUT2D eigenvalue weighted by Gasteiger charge is -2.15. The Labute approximate surface area is 169 Å². The fourth-order valence-corrected chi connectivity index (χ4v) is 2.46. The summed E-state index contributed by atoms with van der Waals surface area (Å²) >= 11 is 0. The molecule has 0 aliphatic carbocycles. The van der Waals surface area contributed by atoms with Crippen LogP contribution < -0.4 is 14.8 Å². The molecule has 0 fully saturated rings. The van der Waals surface area contributed by atoms with Crippen LogP contribution in [0, 0.1) is 5.82 Å². The van der Waals surface area contributed by atoms with Crippen molar-refractivity contribution in [3.05, 3.63) is 65.5 Å². The van der Waals surface area contributed by atoms with E-state index in [4.69, 9.17) is 14.2 Å². The SMILES string of the molecule is C/C=C/c1ccc(OCC(=O)OC(C)C(=O)NCc2ccc(F)cc2)c(OC)c1. The fraction of sp³-hybridized carbons (Fsp3) is 0.273. The molecule has 0 bridgehead atoms. The van der Waals surface area contributed by atoms with Crippen molar-refractivity contribution >= 4 is 18.0 Å². The lowest BCUT2D eigenvalue weighted by molar-refractivity contribution is -0.156. The third-order valence-corrected chi connectivity index (χ3v) is 3.95. The first-order valence-corrected chi connectivity index (χ1v) is 9.08. The van der Waals surface area contributed by atoms with Gasteiger partial charge in [-0.3, -0.25) is 4.79 Å². The first-order valence-electron chi connectivity index (χ1n) is 9.08. The standard InChI is InChI=1S/C22H24FNO5/c1-4-5-16-8-11-19(20(12-16)27-3)28-14-21(25)29-15(2)22(26)24-13-17-6-9-18(23)10-7-17/h4-12,15H,13-14H2,1-3H3,(H,24,26)/b5-4+. The van der Waals surface area contributed by atoms with Gasteiger partial charge >= 0.3 is 5.97 Å². The topological polar surface area (TPSA) is 73.9 Å². The highest BCUT2D eigenvalue weighted by atomic mass is 19.1. The Morgan fingerprint density at radius 2 is 1.86 bits per heavy atom. The van der Waals surface area contributed by atoms with Gasteiger partial charge in [0.2, 0.25) is 0 Å². The normalized spacial score (nSPS) is 11.7. The van der Waals surface area contributed by atoms with E-state index in [-0.39, 0.29) is 19.0 Å². The molecule has 0 saturated heterocycles. The molecule has 1 unspecified atom stereocenters. The molecule has 0 aliphatic rings. The second-order valence-corrected chi connectivity index (χ2v) is 6.18. The third kappa shape index (κ3) is 6.95. The van der Waals surface area contributed by atoms with Crippen molar-refractivity contribution in [2.24, 2.45) is 0 Å². The molecule has 2 aromatic rings. The Kier molecular flexibility index (Phi) is 8.21. The Morgan fingerprint density at radius 1 is 1.14 bits per heavy atom. The van der Waals surface area contributed by atoms with Crippen LogP contribution in [0.3, 0.4) is 0 Å². The summed E-state index contributed by atoms with van der Waals surface area (Å²) in [5.74, 6) is -0.620. The van der Waals surface area contributed by atoms with Gasteiger partial charge in [0.25, 0.3) is 5.91 Å². The number of halogens is 1. The predicted octanol–water partition coefficient (Wildman–Crippen LogP) is 3.49. The molecule has 0 saturated carbocycles. The molecule has 0 aromatic heterocycles. The number of methoxy groups -OCH3 is 1. The molecule has 1 N–H and O–H groups in total. The summed E-state index contributed by atoms with van der Waals surface area (Å²) in [6.07, 6.45) is 2.81. The first kappa shape index (κ1) is 21.9. The van der Waals surface area contributed by atoms with Crippen molar-refractivity contribution in [3.63, 3.8) is 0 Å². The van der Waals surface area contributed by atoms with Gasteiger partial charge in [-0.2, -0.15) is 0 Å². The predicted molar refractivity (Wildman–Crippen MR) is 107 cm³/mol. The van der Waals surface area contributed by atoms with Gasteiger partial charge in [0.05, 0.1) is 7.11 Å². The smallest absolute Gasteiger partial charge is 0.344 e. The largest absolute Gasteiger partial charge is 0.493 e. The van der Waals surface area contributed by atoms with E-state index < -0.39 is 18.0 Å². The van der Waals surface area contributed by atoms with Crippen molar-refractivity contribution in [3.8, 4) is 11.5 Å². The van der Waals surface area contributed by atoms with Crippen LogP contribution in [0.25, 0.3) is 6.08 Å². The third-order valence-electron chi connectivity index (χ3n) is 3.95. The maximum Gasteiger partial charge on any atom is 0.344 e. The number of hydrogen-bond acceptors (Lipinski definition) is 5. The number of carbonyl (C=O) groups is 2. The van der Waals surface area contributed by atoms with Crippen LogP contribution in [0.5, 0.6) is 11.5 Å². The average molecular weight is 401 g/mol. The fourth-order valence-electron chi connectivity index (χ4n) is 2.46. The van der Waals surface area contributed by atoms with Crippen LogP contribution in [0.2, 0.25) is 0 Å². The first-order chi connectivity index (χ1) is 13.9. The van der Waals surface area contributed by atoms with Gasteiger partial charge in [-0.1, -0.05) is 30.4 Å². The van der Waals surface area contributed by atoms with E-state index in [1.54, 1.807) is 24.3 Å². The van der Waals surface area contributed by atoms with Crippen LogP contribution in [-0.4, -0.2) is 31.7 Å². The number of allylic oxidation sites excluding steroid dienone is 1. The highest BCUT2D eigenvalue weighted by molar-refractivity contribution is 5.83. The number of hydrogen-bond donors (Lipinski definition) is 1. The van der Waals surface area contributed by atoms with Gasteiger partial charge in [-0.25, -0.2) is 9.18 Å². The Hall–Kier alpha value is -3.35. The molecule has 6 nitrogen and oxygen atoms in total. The number of nitrogens with one attached hydrogen (secondary N) is 1. The zero-order chi connectivity index (χ0) is 21.2. The van der Waals surface area contributed by atoms with Crippen molar-refractivity contribution in [2.45, 2.75) is 26.5 Å². The number of carbonyl (C=O) groups excluding carboxylic acids is 2. The minimum atomic E-state index is -0.995. The van der Waals surface area contributed by atoms with Crippen LogP contribution in [-0.2, 0) is 20.9 Å². The second kappa shape index (κ2) is 10.8. The molecule has 2 rings (SSSR count). The van der Waals surface area contributed by atoms with E-state index >= 15 is 0 Å². The summed E-state index contributed by atoms with van der Waals surface area (Å²) < 4.78 is 28.7. The Morgan fingerprint density at radius 3 is 2.52 bits per heavy atom. The van der Waals surface area contributed by atoms with E-state index in [9.17, 15) is 14.0 Å². The molecule has 2 aromatic carbocycles. The maximum absolute atomic E-state index is 12.9. The second-order valence-electron chi connectivity index (χ2n) is 6.18. The summed E-state index contributed by atoms with van der Waals surface area (Å²) in [7, 11) is 1.51. The van der Waals surface area contributed by atoms with E-state index in [2.05, 4.69) is 5.32 Å². The molecule has 0 radical (unpaired) electrons. The summed E-state index contributed by atoms with van der Waals surface area (Å²) in [5, 5.41) is 2.63. The molecular formula is C22H24FNO5. The highest BCUT2D eigenvalue weighted by Gasteiger charge is 2.18. The lowest BCUT2D eigenvalue weighted by Crippen LogP contribution is -2.36. The van der Waals surface area contributed by atoms with Crippen LogP contribution >= 0.6 is 0 Å². The number of ether oxygens (including phenoxy) is 3. The van der Waals surface area contributed by atoms with E-state index in [1.165, 1.54) is 26.2 Å². The van der Waals surface area contributed by atoms with Crippen LogP contribution in [0.4, 0.5) is 4.39 Å². The van der Waals surface area contributed by atoms with Crippen molar-refractivity contribution in [1.82, 2.24) is 5.32 Å². The Bertz CT molecular complexity index is 864. The maximum atomic E-state index is 12.9. The molecule has 7 heteroatoms. The Balaban J connectivity index is 1.82. The van der Waals surface area contributed by atoms with E-state index in [0.29, 0.717) is 11.5 Å². The minimum absolute atomic E-state index is 0.202. The molecule has 1 amide bonds. The molecular weight excluding hydrogens is 377 g/mol. The molecule has 0 spiro atoms. The minimum Gasteiger partial charge on any atom is -0.493 e. The zero-order valence-electron chi connectivity index (χ0n) is 16.6. The summed E-state index contributed by atoms with van der Waals surface area (Å²) in [6.45, 7) is 3.20. The van der Waals surface area contributed by atoms with Gasteiger partial charge in [0, 0.05) is 6.54 Å². The summed E-state index contributed by atoms with van der Waals surface area (Å²) in [6, 6.07) is 11.1. The number of esters is 1. The number of amides is 1. The molecule has 0 aliphatic heterocycles. The van der Waals surface area contributed by atoms with Gasteiger partial charge in [-0.05, 0) is 49.2 Å². The summed E-state index contributed by atoms with van der Waals surface area (Å²) in [4.78, 5) is 24.1. The zero-order valence-corrected chi connectivity index (χ0v) is 16.6. The molecule has 154 valence electrons. The monoisotopic (exact) mass is 401 g/mol. The van der Waals surface area contributed by atoms with Crippen LogP contribution in [0.15, 0.2) is 48.5 Å². The molecule has 29 heavy (non-hydrogen) atoms. The van der Waals surface area contributed by atoms with Gasteiger partial charge in [0.15, 0.2) is 24.2 Å². The number of benzene rings is 2. The van der Waals surface area contributed by atoms with Crippen molar-refractivity contribution in [1.29, 1.82) is 0 Å². The number of rotatable bonds is 9. The van der Waals surface area contributed by atoms with Gasteiger partial charge < -0.3 is 19.5 Å². The average Bonchev–Trinajstić information content (AvgIpc) is 2.72. The molecule has 1 atom stereocenters. The molecule has 0 heterocycles. The van der Waals surface area contributed by atoms with E-state index in [0.717, 1.165) is 11.1 Å². The quantitative estimate of drug-likeness (QED) is 0.651. The van der Waals surface area contributed by atoms with E-state index in [1.807, 2.05) is 25.1 Å². The highest BCUT2D eigenvalue weighted by Crippen LogP contribution is 2.28. The lowest BCUT2D eigenvalue weighted by atomic mass is 10.2. The van der Waals surface area contributed by atoms with Gasteiger partial charge in [0.1, 0.15) is 5.82 Å². The summed E-state index contributed by atoms with van der Waals surface area (Å²) in [5.41, 5.74) is 1.67. The van der Waals surface area contributed by atoms with Crippen molar-refractivity contribution in [2.75, 3.05) is 13.7 Å². The van der Waals surface area contributed by atoms with Crippen molar-refractivity contribution < 1.29 is 28.2 Å².